The molecule has 1 heterocycles. The van der Waals surface area contributed by atoms with E-state index in [2.05, 4.69) is 0 Å². The van der Waals surface area contributed by atoms with Gasteiger partial charge in [0.25, 0.3) is 11.8 Å². The highest BCUT2D eigenvalue weighted by Gasteiger charge is 2.38. The first-order valence-electron chi connectivity index (χ1n) is 5.41. The number of hydrogen-bond donors (Lipinski definition) is 1. The van der Waals surface area contributed by atoms with E-state index in [9.17, 15) is 23.2 Å². The first-order valence-corrected chi connectivity index (χ1v) is 5.41. The zero-order chi connectivity index (χ0) is 14.3. The molecule has 100 valence electrons. The van der Waals surface area contributed by atoms with Gasteiger partial charge < -0.3 is 5.11 Å². The Hall–Kier alpha value is -2.31. The zero-order valence-corrected chi connectivity index (χ0v) is 9.81. The Morgan fingerprint density at radius 1 is 1.21 bits per heavy atom. The second-order valence-electron chi connectivity index (χ2n) is 4.27. The summed E-state index contributed by atoms with van der Waals surface area (Å²) >= 11 is 0. The minimum Gasteiger partial charge on any atom is -0.481 e. The van der Waals surface area contributed by atoms with Gasteiger partial charge in [-0.05, 0) is 12.1 Å². The number of hydrogen-bond acceptors (Lipinski definition) is 3. The molecule has 0 bridgehead atoms. The number of nitrogens with zero attached hydrogens (tertiary/aromatic N) is 1. The lowest BCUT2D eigenvalue weighted by Gasteiger charge is -2.16. The number of carboxylic acid groups (broad SMARTS) is 1. The van der Waals surface area contributed by atoms with Gasteiger partial charge in [-0.1, -0.05) is 6.92 Å². The summed E-state index contributed by atoms with van der Waals surface area (Å²) in [5.74, 6) is -6.22. The number of fused-ring (bicyclic) bond motifs is 1. The predicted octanol–water partition coefficient (Wildman–Crippen LogP) is 1.28. The normalized spacial score (nSPS) is 15.6. The fourth-order valence-electron chi connectivity index (χ4n) is 1.80. The van der Waals surface area contributed by atoms with Crippen molar-refractivity contribution in [2.75, 3.05) is 6.54 Å². The van der Waals surface area contributed by atoms with Gasteiger partial charge in [-0.3, -0.25) is 19.3 Å². The van der Waals surface area contributed by atoms with E-state index in [1.54, 1.807) is 0 Å². The average Bonchev–Trinajstić information content (AvgIpc) is 2.55. The molecule has 1 aromatic carbocycles. The van der Waals surface area contributed by atoms with Crippen LogP contribution in [0, 0.1) is 17.6 Å². The molecule has 1 atom stereocenters. The number of amides is 2. The maximum absolute atomic E-state index is 13.0. The van der Waals surface area contributed by atoms with Crippen LogP contribution in [-0.2, 0) is 4.79 Å². The summed E-state index contributed by atoms with van der Waals surface area (Å²) in [5, 5.41) is 8.75. The third-order valence-electron chi connectivity index (χ3n) is 2.89. The van der Waals surface area contributed by atoms with Crippen LogP contribution in [0.2, 0.25) is 0 Å². The summed E-state index contributed by atoms with van der Waals surface area (Å²) in [6.45, 7) is 0.984. The Bertz CT molecular complexity index is 559. The van der Waals surface area contributed by atoms with Crippen LogP contribution in [0.15, 0.2) is 12.1 Å². The molecule has 0 aliphatic carbocycles. The smallest absolute Gasteiger partial charge is 0.308 e. The lowest BCUT2D eigenvalue weighted by Crippen LogP contribution is -2.36. The van der Waals surface area contributed by atoms with Gasteiger partial charge in [-0.15, -0.1) is 0 Å². The van der Waals surface area contributed by atoms with Crippen molar-refractivity contribution in [2.24, 2.45) is 5.92 Å². The number of benzene rings is 1. The topological polar surface area (TPSA) is 74.7 Å². The summed E-state index contributed by atoms with van der Waals surface area (Å²) in [6.07, 6.45) is 0. The molecule has 5 nitrogen and oxygen atoms in total. The third-order valence-corrected chi connectivity index (χ3v) is 2.89. The second kappa shape index (κ2) is 4.42. The van der Waals surface area contributed by atoms with Crippen molar-refractivity contribution < 1.29 is 28.3 Å². The van der Waals surface area contributed by atoms with Crippen molar-refractivity contribution >= 4 is 17.8 Å². The molecule has 0 radical (unpaired) electrons. The number of carbonyl (C=O) groups is 3. The molecule has 1 N–H and O–H groups in total. The summed E-state index contributed by atoms with van der Waals surface area (Å²) in [7, 11) is 0. The van der Waals surface area contributed by atoms with E-state index in [4.69, 9.17) is 5.11 Å². The van der Waals surface area contributed by atoms with Crippen molar-refractivity contribution in [3.63, 3.8) is 0 Å². The number of carboxylic acids is 1. The summed E-state index contributed by atoms with van der Waals surface area (Å²) < 4.78 is 26.1. The van der Waals surface area contributed by atoms with E-state index in [-0.39, 0.29) is 17.7 Å². The number of carbonyl (C=O) groups excluding carboxylic acids is 2. The van der Waals surface area contributed by atoms with E-state index in [0.29, 0.717) is 17.0 Å². The van der Waals surface area contributed by atoms with E-state index < -0.39 is 35.3 Å². The Morgan fingerprint density at radius 2 is 1.63 bits per heavy atom. The molecule has 2 amide bonds. The Kier molecular flexibility index (Phi) is 3.05. The van der Waals surface area contributed by atoms with Gasteiger partial charge in [0.05, 0.1) is 17.0 Å². The monoisotopic (exact) mass is 269 g/mol. The standard InChI is InChI=1S/C12H9F2NO4/c1-5(12(18)19)4-15-10(16)6-2-8(13)9(14)3-7(6)11(15)17/h2-3,5H,4H2,1H3,(H,18,19). The highest BCUT2D eigenvalue weighted by molar-refractivity contribution is 6.21. The maximum atomic E-state index is 13.0. The third kappa shape index (κ3) is 2.07. The first-order chi connectivity index (χ1) is 8.82. The van der Waals surface area contributed by atoms with Crippen LogP contribution in [0.1, 0.15) is 27.6 Å². The quantitative estimate of drug-likeness (QED) is 0.839. The molecule has 0 spiro atoms. The van der Waals surface area contributed by atoms with Crippen LogP contribution in [0.4, 0.5) is 8.78 Å². The largest absolute Gasteiger partial charge is 0.481 e. The van der Waals surface area contributed by atoms with Crippen molar-refractivity contribution in [3.05, 3.63) is 34.9 Å². The van der Waals surface area contributed by atoms with Crippen LogP contribution in [-0.4, -0.2) is 34.3 Å². The van der Waals surface area contributed by atoms with E-state index in [1.807, 2.05) is 0 Å². The van der Waals surface area contributed by atoms with Gasteiger partial charge in [-0.2, -0.15) is 0 Å². The zero-order valence-electron chi connectivity index (χ0n) is 9.81. The molecule has 19 heavy (non-hydrogen) atoms. The van der Waals surface area contributed by atoms with E-state index >= 15 is 0 Å². The van der Waals surface area contributed by atoms with Crippen molar-refractivity contribution in [1.82, 2.24) is 4.90 Å². The molecule has 0 saturated heterocycles. The molecule has 0 fully saturated rings. The number of halogens is 2. The van der Waals surface area contributed by atoms with Gasteiger partial charge in [0.15, 0.2) is 11.6 Å². The first kappa shape index (κ1) is 13.1. The number of rotatable bonds is 3. The lowest BCUT2D eigenvalue weighted by molar-refractivity contribution is -0.141. The van der Waals surface area contributed by atoms with Crippen molar-refractivity contribution in [1.29, 1.82) is 0 Å². The van der Waals surface area contributed by atoms with Gasteiger partial charge in [0, 0.05) is 6.54 Å². The molecule has 1 unspecified atom stereocenters. The Morgan fingerprint density at radius 3 is 2.00 bits per heavy atom. The van der Waals surface area contributed by atoms with Crippen LogP contribution < -0.4 is 0 Å². The molecule has 1 aliphatic heterocycles. The fraction of sp³-hybridized carbons (Fsp3) is 0.250. The SMILES string of the molecule is CC(CN1C(=O)c2cc(F)c(F)cc2C1=O)C(=O)O. The number of imide groups is 1. The minimum absolute atomic E-state index is 0.249. The fourth-order valence-corrected chi connectivity index (χ4v) is 1.80. The number of aliphatic carboxylic acids is 1. The average molecular weight is 269 g/mol. The predicted molar refractivity (Wildman–Crippen MR) is 58.5 cm³/mol. The van der Waals surface area contributed by atoms with Crippen molar-refractivity contribution in [3.8, 4) is 0 Å². The van der Waals surface area contributed by atoms with Crippen LogP contribution in [0.3, 0.4) is 0 Å². The van der Waals surface area contributed by atoms with Gasteiger partial charge in [0.1, 0.15) is 0 Å². The highest BCUT2D eigenvalue weighted by atomic mass is 19.2. The summed E-state index contributed by atoms with van der Waals surface area (Å²) in [4.78, 5) is 35.1. The van der Waals surface area contributed by atoms with E-state index in [0.717, 1.165) is 0 Å². The molecule has 7 heteroatoms. The van der Waals surface area contributed by atoms with Crippen molar-refractivity contribution in [2.45, 2.75) is 6.92 Å². The molecule has 1 aliphatic rings. The lowest BCUT2D eigenvalue weighted by atomic mass is 10.1. The Labute approximate surface area is 106 Å². The van der Waals surface area contributed by atoms with Gasteiger partial charge in [0.2, 0.25) is 0 Å². The molecule has 0 saturated carbocycles. The van der Waals surface area contributed by atoms with Crippen LogP contribution in [0.25, 0.3) is 0 Å². The summed E-state index contributed by atoms with van der Waals surface area (Å²) in [6, 6.07) is 1.30. The summed E-state index contributed by atoms with van der Waals surface area (Å²) in [5.41, 5.74) is -0.497. The van der Waals surface area contributed by atoms with Crippen LogP contribution in [0.5, 0.6) is 0 Å². The maximum Gasteiger partial charge on any atom is 0.308 e. The molecular formula is C12H9F2NO4. The second-order valence-corrected chi connectivity index (χ2v) is 4.27. The van der Waals surface area contributed by atoms with Crippen LogP contribution >= 0.6 is 0 Å². The molecular weight excluding hydrogens is 260 g/mol. The van der Waals surface area contributed by atoms with Gasteiger partial charge >= 0.3 is 5.97 Å². The van der Waals surface area contributed by atoms with E-state index in [1.165, 1.54) is 6.92 Å². The molecule has 0 aromatic heterocycles. The Balaban J connectivity index is 2.37. The highest BCUT2D eigenvalue weighted by Crippen LogP contribution is 2.26. The molecule has 2 rings (SSSR count). The van der Waals surface area contributed by atoms with Gasteiger partial charge in [-0.25, -0.2) is 8.78 Å². The molecule has 1 aromatic rings. The minimum atomic E-state index is -1.23.